The predicted molar refractivity (Wildman–Crippen MR) is 76.6 cm³/mol. The molecule has 1 atom stereocenters. The van der Waals surface area contributed by atoms with Gasteiger partial charge in [-0.3, -0.25) is 5.41 Å². The molecule has 88 valence electrons. The summed E-state index contributed by atoms with van der Waals surface area (Å²) >= 11 is 2.30. The molecule has 0 aliphatic carbocycles. The highest BCUT2D eigenvalue weighted by Crippen LogP contribution is 2.09. The first-order valence-corrected chi connectivity index (χ1v) is 6.34. The number of hydrogen-bond donors (Lipinski definition) is 2. The van der Waals surface area contributed by atoms with Crippen molar-refractivity contribution in [3.8, 4) is 0 Å². The van der Waals surface area contributed by atoms with Gasteiger partial charge in [-0.1, -0.05) is 19.1 Å². The Kier molecular flexibility index (Phi) is 5.21. The maximum atomic E-state index is 7.35. The summed E-state index contributed by atoms with van der Waals surface area (Å²) in [6.45, 7) is 3.70. The van der Waals surface area contributed by atoms with Crippen LogP contribution >= 0.6 is 22.6 Å². The molecule has 4 heteroatoms. The van der Waals surface area contributed by atoms with Crippen molar-refractivity contribution in [3.05, 3.63) is 33.4 Å². The molecular formula is C12H18IN3. The summed E-state index contributed by atoms with van der Waals surface area (Å²) in [5, 5.41) is 7.35. The second-order valence-corrected chi connectivity index (χ2v) is 5.43. The fourth-order valence-electron chi connectivity index (χ4n) is 1.53. The fraction of sp³-hybridized carbons (Fsp3) is 0.417. The van der Waals surface area contributed by atoms with Crippen LogP contribution in [0.5, 0.6) is 0 Å². The van der Waals surface area contributed by atoms with Gasteiger partial charge < -0.3 is 10.6 Å². The Morgan fingerprint density at radius 2 is 2.00 bits per heavy atom. The second kappa shape index (κ2) is 6.20. The quantitative estimate of drug-likeness (QED) is 0.494. The summed E-state index contributed by atoms with van der Waals surface area (Å²) in [4.78, 5) is 2.19. The van der Waals surface area contributed by atoms with Crippen LogP contribution in [0.15, 0.2) is 24.3 Å². The number of nitrogens with two attached hydrogens (primary N) is 1. The van der Waals surface area contributed by atoms with Crippen molar-refractivity contribution < 1.29 is 0 Å². The average molecular weight is 331 g/mol. The van der Waals surface area contributed by atoms with Crippen molar-refractivity contribution in [2.24, 2.45) is 11.7 Å². The van der Waals surface area contributed by atoms with Gasteiger partial charge >= 0.3 is 0 Å². The zero-order valence-electron chi connectivity index (χ0n) is 9.70. The van der Waals surface area contributed by atoms with Crippen molar-refractivity contribution >= 4 is 28.4 Å². The molecule has 16 heavy (non-hydrogen) atoms. The molecule has 3 N–H and O–H groups in total. The lowest BCUT2D eigenvalue weighted by atomic mass is 10.1. The minimum Gasteiger partial charge on any atom is -0.387 e. The molecule has 0 aliphatic heterocycles. The van der Waals surface area contributed by atoms with Gasteiger partial charge in [0.1, 0.15) is 0 Å². The van der Waals surface area contributed by atoms with Crippen LogP contribution in [-0.2, 0) is 6.54 Å². The number of nitrogens with zero attached hydrogens (tertiary/aromatic N) is 1. The summed E-state index contributed by atoms with van der Waals surface area (Å²) in [7, 11) is 2.05. The van der Waals surface area contributed by atoms with E-state index in [1.807, 2.05) is 6.92 Å². The third kappa shape index (κ3) is 4.49. The number of hydrogen-bond acceptors (Lipinski definition) is 2. The second-order valence-electron chi connectivity index (χ2n) is 4.18. The molecule has 0 heterocycles. The van der Waals surface area contributed by atoms with Gasteiger partial charge in [-0.15, -0.1) is 0 Å². The van der Waals surface area contributed by atoms with Crippen LogP contribution < -0.4 is 5.73 Å². The maximum Gasteiger partial charge on any atom is 0.0947 e. The van der Waals surface area contributed by atoms with E-state index in [9.17, 15) is 0 Å². The SMILES string of the molecule is CC(CN(C)Cc1ccc(I)cc1)C(=N)N. The molecule has 0 saturated heterocycles. The summed E-state index contributed by atoms with van der Waals surface area (Å²) in [5.41, 5.74) is 6.74. The first-order valence-electron chi connectivity index (χ1n) is 5.26. The molecule has 0 saturated carbocycles. The van der Waals surface area contributed by atoms with Gasteiger partial charge in [0.25, 0.3) is 0 Å². The fourth-order valence-corrected chi connectivity index (χ4v) is 1.89. The van der Waals surface area contributed by atoms with Gasteiger partial charge in [-0.05, 0) is 47.3 Å². The topological polar surface area (TPSA) is 53.1 Å². The van der Waals surface area contributed by atoms with E-state index < -0.39 is 0 Å². The highest BCUT2D eigenvalue weighted by Gasteiger charge is 2.09. The first kappa shape index (κ1) is 13.4. The highest BCUT2D eigenvalue weighted by molar-refractivity contribution is 14.1. The van der Waals surface area contributed by atoms with Crippen molar-refractivity contribution in [1.29, 1.82) is 5.41 Å². The third-order valence-electron chi connectivity index (χ3n) is 2.48. The number of halogens is 1. The average Bonchev–Trinajstić information content (AvgIpc) is 2.21. The molecule has 0 aliphatic rings. The zero-order valence-corrected chi connectivity index (χ0v) is 11.9. The largest absolute Gasteiger partial charge is 0.387 e. The molecule has 0 aromatic heterocycles. The normalized spacial score (nSPS) is 12.8. The van der Waals surface area contributed by atoms with E-state index in [0.717, 1.165) is 13.1 Å². The van der Waals surface area contributed by atoms with E-state index in [0.29, 0.717) is 0 Å². The van der Waals surface area contributed by atoms with E-state index in [4.69, 9.17) is 11.1 Å². The maximum absolute atomic E-state index is 7.35. The van der Waals surface area contributed by atoms with Gasteiger partial charge in [0.2, 0.25) is 0 Å². The lowest BCUT2D eigenvalue weighted by Gasteiger charge is -2.20. The Hall–Kier alpha value is -0.620. The number of nitrogens with one attached hydrogen (secondary N) is 1. The van der Waals surface area contributed by atoms with E-state index >= 15 is 0 Å². The van der Waals surface area contributed by atoms with Crippen LogP contribution in [0.25, 0.3) is 0 Å². The van der Waals surface area contributed by atoms with Gasteiger partial charge in [0, 0.05) is 22.6 Å². The van der Waals surface area contributed by atoms with E-state index in [1.165, 1.54) is 9.13 Å². The molecule has 1 rings (SSSR count). The molecular weight excluding hydrogens is 313 g/mol. The summed E-state index contributed by atoms with van der Waals surface area (Å²) in [5.74, 6) is 0.378. The van der Waals surface area contributed by atoms with E-state index in [2.05, 4.69) is 58.8 Å². The van der Waals surface area contributed by atoms with Gasteiger partial charge in [-0.25, -0.2) is 0 Å². The molecule has 1 aromatic carbocycles. The molecule has 0 spiro atoms. The lowest BCUT2D eigenvalue weighted by Crippen LogP contribution is -2.31. The van der Waals surface area contributed by atoms with Crippen LogP contribution in [0.1, 0.15) is 12.5 Å². The van der Waals surface area contributed by atoms with Gasteiger partial charge in [-0.2, -0.15) is 0 Å². The van der Waals surface area contributed by atoms with Crippen molar-refractivity contribution in [2.45, 2.75) is 13.5 Å². The van der Waals surface area contributed by atoms with Crippen LogP contribution in [-0.4, -0.2) is 24.3 Å². The van der Waals surface area contributed by atoms with Gasteiger partial charge in [0.15, 0.2) is 0 Å². The smallest absolute Gasteiger partial charge is 0.0947 e. The monoisotopic (exact) mass is 331 g/mol. The molecule has 1 aromatic rings. The van der Waals surface area contributed by atoms with Crippen LogP contribution in [0.2, 0.25) is 0 Å². The number of benzene rings is 1. The summed E-state index contributed by atoms with van der Waals surface area (Å²) < 4.78 is 1.25. The minimum atomic E-state index is 0.119. The molecule has 1 unspecified atom stereocenters. The van der Waals surface area contributed by atoms with Crippen molar-refractivity contribution in [2.75, 3.05) is 13.6 Å². The summed E-state index contributed by atoms with van der Waals surface area (Å²) in [6, 6.07) is 8.49. The van der Waals surface area contributed by atoms with Gasteiger partial charge in [0.05, 0.1) is 5.84 Å². The number of rotatable bonds is 5. The molecule has 0 fully saturated rings. The van der Waals surface area contributed by atoms with Crippen molar-refractivity contribution in [3.63, 3.8) is 0 Å². The third-order valence-corrected chi connectivity index (χ3v) is 3.20. The van der Waals surface area contributed by atoms with E-state index in [-0.39, 0.29) is 11.8 Å². The Morgan fingerprint density at radius 3 is 2.50 bits per heavy atom. The highest BCUT2D eigenvalue weighted by atomic mass is 127. The standard InChI is InChI=1S/C12H18IN3/c1-9(12(14)15)7-16(2)8-10-3-5-11(13)6-4-10/h3-6,9H,7-8H2,1-2H3,(H3,14,15). The molecule has 0 bridgehead atoms. The van der Waals surface area contributed by atoms with Crippen LogP contribution in [0.4, 0.5) is 0 Å². The first-order chi connectivity index (χ1) is 7.49. The Labute approximate surface area is 111 Å². The van der Waals surface area contributed by atoms with Crippen LogP contribution in [0.3, 0.4) is 0 Å². The molecule has 0 radical (unpaired) electrons. The van der Waals surface area contributed by atoms with Crippen molar-refractivity contribution in [1.82, 2.24) is 4.90 Å². The van der Waals surface area contributed by atoms with E-state index in [1.54, 1.807) is 0 Å². The Morgan fingerprint density at radius 1 is 1.44 bits per heavy atom. The zero-order chi connectivity index (χ0) is 12.1. The Bertz CT molecular complexity index is 348. The minimum absolute atomic E-state index is 0.119. The molecule has 3 nitrogen and oxygen atoms in total. The van der Waals surface area contributed by atoms with Crippen LogP contribution in [0, 0.1) is 14.9 Å². The Balaban J connectivity index is 2.48. The number of amidine groups is 1. The lowest BCUT2D eigenvalue weighted by molar-refractivity contribution is 0.306. The predicted octanol–water partition coefficient (Wildman–Crippen LogP) is 2.30. The summed E-state index contributed by atoms with van der Waals surface area (Å²) in [6.07, 6.45) is 0. The molecule has 0 amide bonds.